The Bertz CT molecular complexity index is 634. The quantitative estimate of drug-likeness (QED) is 0.879. The van der Waals surface area contributed by atoms with E-state index in [-0.39, 0.29) is 16.9 Å². The molecule has 0 spiro atoms. The van der Waals surface area contributed by atoms with Crippen LogP contribution in [0.1, 0.15) is 24.1 Å². The minimum atomic E-state index is -0.444. The average Bonchev–Trinajstić information content (AvgIpc) is 2.48. The summed E-state index contributed by atoms with van der Waals surface area (Å²) in [5, 5.41) is 3.32. The van der Waals surface area contributed by atoms with Crippen LogP contribution in [0.3, 0.4) is 0 Å². The Labute approximate surface area is 127 Å². The number of methoxy groups -OCH3 is 1. The molecule has 5 heteroatoms. The zero-order chi connectivity index (χ0) is 15.4. The Morgan fingerprint density at radius 2 is 1.95 bits per heavy atom. The molecule has 0 aliphatic carbocycles. The van der Waals surface area contributed by atoms with E-state index in [4.69, 9.17) is 16.3 Å². The fraction of sp³-hybridized carbons (Fsp3) is 0.250. The maximum atomic E-state index is 13.4. The maximum absolute atomic E-state index is 13.4. The van der Waals surface area contributed by atoms with Crippen LogP contribution in [0.4, 0.5) is 8.78 Å². The normalized spacial score (nSPS) is 12.2. The van der Waals surface area contributed by atoms with Gasteiger partial charge in [-0.3, -0.25) is 0 Å². The second-order valence-corrected chi connectivity index (χ2v) is 5.14. The largest absolute Gasteiger partial charge is 0.496 e. The Kier molecular flexibility index (Phi) is 5.15. The van der Waals surface area contributed by atoms with Crippen molar-refractivity contribution in [1.29, 1.82) is 0 Å². The van der Waals surface area contributed by atoms with E-state index in [1.165, 1.54) is 18.2 Å². The third-order valence-electron chi connectivity index (χ3n) is 3.25. The van der Waals surface area contributed by atoms with Crippen LogP contribution in [0.25, 0.3) is 0 Å². The highest BCUT2D eigenvalue weighted by atomic mass is 35.5. The highest BCUT2D eigenvalue weighted by molar-refractivity contribution is 6.30. The molecular weight excluding hydrogens is 296 g/mol. The smallest absolute Gasteiger partial charge is 0.141 e. The lowest BCUT2D eigenvalue weighted by Gasteiger charge is -2.17. The van der Waals surface area contributed by atoms with Crippen molar-refractivity contribution in [1.82, 2.24) is 5.32 Å². The van der Waals surface area contributed by atoms with E-state index in [0.717, 1.165) is 11.1 Å². The number of benzene rings is 2. The van der Waals surface area contributed by atoms with Crippen LogP contribution in [0, 0.1) is 11.6 Å². The first-order valence-electron chi connectivity index (χ1n) is 6.52. The molecule has 2 aromatic rings. The molecule has 21 heavy (non-hydrogen) atoms. The Morgan fingerprint density at radius 1 is 1.19 bits per heavy atom. The van der Waals surface area contributed by atoms with Gasteiger partial charge in [-0.1, -0.05) is 17.7 Å². The molecular formula is C16H16ClF2NO. The maximum Gasteiger partial charge on any atom is 0.141 e. The molecule has 1 unspecified atom stereocenters. The number of halogens is 3. The number of rotatable bonds is 5. The predicted octanol–water partition coefficient (Wildman–Crippen LogP) is 4.48. The molecule has 2 aromatic carbocycles. The average molecular weight is 312 g/mol. The lowest BCUT2D eigenvalue weighted by Crippen LogP contribution is -2.19. The molecule has 0 heterocycles. The van der Waals surface area contributed by atoms with Gasteiger partial charge in [-0.25, -0.2) is 8.78 Å². The van der Waals surface area contributed by atoms with Gasteiger partial charge in [0.1, 0.15) is 17.4 Å². The van der Waals surface area contributed by atoms with Crippen LogP contribution in [-0.4, -0.2) is 7.11 Å². The molecule has 2 nitrogen and oxygen atoms in total. The zero-order valence-corrected chi connectivity index (χ0v) is 12.5. The molecule has 0 fully saturated rings. The Balaban J connectivity index is 2.09. The minimum Gasteiger partial charge on any atom is -0.496 e. The van der Waals surface area contributed by atoms with E-state index in [9.17, 15) is 8.78 Å². The van der Waals surface area contributed by atoms with Crippen molar-refractivity contribution in [3.05, 3.63) is 64.2 Å². The molecule has 0 saturated heterocycles. The molecule has 1 atom stereocenters. The van der Waals surface area contributed by atoms with Crippen molar-refractivity contribution in [2.75, 3.05) is 7.11 Å². The summed E-state index contributed by atoms with van der Waals surface area (Å²) in [7, 11) is 1.54. The Morgan fingerprint density at radius 3 is 2.62 bits per heavy atom. The Hall–Kier alpha value is -1.65. The number of nitrogens with one attached hydrogen (secondary N) is 1. The van der Waals surface area contributed by atoms with Gasteiger partial charge in [0.05, 0.1) is 12.1 Å². The van der Waals surface area contributed by atoms with Gasteiger partial charge in [0.2, 0.25) is 0 Å². The molecule has 2 rings (SSSR count). The van der Waals surface area contributed by atoms with Gasteiger partial charge in [0.25, 0.3) is 0 Å². The first-order chi connectivity index (χ1) is 10.0. The van der Waals surface area contributed by atoms with E-state index in [2.05, 4.69) is 5.32 Å². The summed E-state index contributed by atoms with van der Waals surface area (Å²) in [4.78, 5) is 0. The first kappa shape index (κ1) is 15.7. The van der Waals surface area contributed by atoms with Gasteiger partial charge in [0, 0.05) is 18.2 Å². The summed E-state index contributed by atoms with van der Waals surface area (Å²) >= 11 is 5.74. The summed E-state index contributed by atoms with van der Waals surface area (Å²) in [6.07, 6.45) is 0. The van der Waals surface area contributed by atoms with Gasteiger partial charge in [-0.15, -0.1) is 0 Å². The lowest BCUT2D eigenvalue weighted by molar-refractivity contribution is 0.399. The molecule has 1 N–H and O–H groups in total. The molecule has 0 radical (unpaired) electrons. The van der Waals surface area contributed by atoms with Crippen LogP contribution in [0.5, 0.6) is 5.75 Å². The number of hydrogen-bond donors (Lipinski definition) is 1. The third kappa shape index (κ3) is 3.93. The van der Waals surface area contributed by atoms with Crippen molar-refractivity contribution >= 4 is 11.6 Å². The number of ether oxygens (including phenoxy) is 1. The van der Waals surface area contributed by atoms with Gasteiger partial charge in [0.15, 0.2) is 0 Å². The van der Waals surface area contributed by atoms with E-state index in [0.29, 0.717) is 12.3 Å². The fourth-order valence-corrected chi connectivity index (χ4v) is 2.28. The number of hydrogen-bond acceptors (Lipinski definition) is 2. The molecule has 112 valence electrons. The minimum absolute atomic E-state index is 0.0882. The summed E-state index contributed by atoms with van der Waals surface area (Å²) in [6.45, 7) is 2.39. The van der Waals surface area contributed by atoms with Crippen molar-refractivity contribution in [2.45, 2.75) is 19.5 Å². The first-order valence-corrected chi connectivity index (χ1v) is 6.90. The summed E-state index contributed by atoms with van der Waals surface area (Å²) in [5.41, 5.74) is 1.58. The van der Waals surface area contributed by atoms with Gasteiger partial charge in [-0.05, 0) is 42.8 Å². The van der Waals surface area contributed by atoms with Crippen molar-refractivity contribution in [3.63, 3.8) is 0 Å². The highest BCUT2D eigenvalue weighted by Gasteiger charge is 2.12. The second kappa shape index (κ2) is 6.87. The van der Waals surface area contributed by atoms with Crippen molar-refractivity contribution < 1.29 is 13.5 Å². The molecule has 0 aliphatic heterocycles. The van der Waals surface area contributed by atoms with Gasteiger partial charge in [-0.2, -0.15) is 0 Å². The van der Waals surface area contributed by atoms with Crippen LogP contribution in [-0.2, 0) is 6.54 Å². The molecule has 0 aromatic heterocycles. The molecule has 0 saturated carbocycles. The monoisotopic (exact) mass is 311 g/mol. The topological polar surface area (TPSA) is 21.3 Å². The predicted molar refractivity (Wildman–Crippen MR) is 79.6 cm³/mol. The molecule has 0 aliphatic rings. The fourth-order valence-electron chi connectivity index (χ4n) is 2.07. The van der Waals surface area contributed by atoms with Gasteiger partial charge >= 0.3 is 0 Å². The van der Waals surface area contributed by atoms with Crippen LogP contribution < -0.4 is 10.1 Å². The van der Waals surface area contributed by atoms with E-state index in [1.807, 2.05) is 6.92 Å². The van der Waals surface area contributed by atoms with Crippen LogP contribution >= 0.6 is 11.6 Å². The molecule has 0 bridgehead atoms. The summed E-state index contributed by atoms with van der Waals surface area (Å²) in [6, 6.07) is 8.82. The van der Waals surface area contributed by atoms with Crippen LogP contribution in [0.15, 0.2) is 36.4 Å². The standard InChI is InChI=1S/C16H16ClF2NO/c1-10(13-8-12(18)4-6-16(13)21-2)20-9-11-3-5-15(19)14(17)7-11/h3-8,10,20H,9H2,1-2H3. The van der Waals surface area contributed by atoms with E-state index >= 15 is 0 Å². The van der Waals surface area contributed by atoms with Crippen molar-refractivity contribution in [3.8, 4) is 5.75 Å². The highest BCUT2D eigenvalue weighted by Crippen LogP contribution is 2.26. The third-order valence-corrected chi connectivity index (χ3v) is 3.54. The van der Waals surface area contributed by atoms with Crippen LogP contribution in [0.2, 0.25) is 5.02 Å². The van der Waals surface area contributed by atoms with Gasteiger partial charge < -0.3 is 10.1 Å². The molecule has 0 amide bonds. The lowest BCUT2D eigenvalue weighted by atomic mass is 10.1. The van der Waals surface area contributed by atoms with E-state index < -0.39 is 5.82 Å². The summed E-state index contributed by atoms with van der Waals surface area (Å²) < 4.78 is 31.7. The zero-order valence-electron chi connectivity index (χ0n) is 11.8. The SMILES string of the molecule is COc1ccc(F)cc1C(C)NCc1ccc(F)c(Cl)c1. The van der Waals surface area contributed by atoms with E-state index in [1.54, 1.807) is 25.3 Å². The summed E-state index contributed by atoms with van der Waals surface area (Å²) in [5.74, 6) is -0.141. The second-order valence-electron chi connectivity index (χ2n) is 4.74. The van der Waals surface area contributed by atoms with Crippen molar-refractivity contribution in [2.24, 2.45) is 0 Å².